The number of aliphatic hydroxyl groups is 1. The second-order valence-corrected chi connectivity index (χ2v) is 5.88. The average Bonchev–Trinajstić information content (AvgIpc) is 2.52. The topological polar surface area (TPSA) is 40.5 Å². The Labute approximate surface area is 127 Å². The van der Waals surface area contributed by atoms with E-state index in [9.17, 15) is 4.79 Å². The van der Waals surface area contributed by atoms with Crippen molar-refractivity contribution in [1.29, 1.82) is 0 Å². The molecule has 0 radical (unpaired) electrons. The van der Waals surface area contributed by atoms with Gasteiger partial charge in [-0.2, -0.15) is 0 Å². The molecule has 1 N–H and O–H groups in total. The summed E-state index contributed by atoms with van der Waals surface area (Å²) >= 11 is 0. The van der Waals surface area contributed by atoms with Crippen LogP contribution in [0, 0.1) is 17.8 Å². The molecule has 0 spiro atoms. The molecule has 3 heteroatoms. The third-order valence-corrected chi connectivity index (χ3v) is 4.22. The number of hydrogen-bond donors (Lipinski definition) is 1. The molecule has 1 amide bonds. The number of carbonyl (C=O) groups excluding carboxylic acids is 1. The summed E-state index contributed by atoms with van der Waals surface area (Å²) in [6, 6.07) is 7.63. The summed E-state index contributed by atoms with van der Waals surface area (Å²) in [5.74, 6) is 6.22. The Hall–Kier alpha value is -1.79. The molecule has 2 atom stereocenters. The van der Waals surface area contributed by atoms with Crippen molar-refractivity contribution in [3.63, 3.8) is 0 Å². The van der Waals surface area contributed by atoms with Gasteiger partial charge in [-0.05, 0) is 43.0 Å². The molecule has 0 aliphatic heterocycles. The van der Waals surface area contributed by atoms with Crippen molar-refractivity contribution in [2.45, 2.75) is 38.6 Å². The van der Waals surface area contributed by atoms with Gasteiger partial charge in [0.25, 0.3) is 5.91 Å². The van der Waals surface area contributed by atoms with Gasteiger partial charge in [-0.25, -0.2) is 0 Å². The molecule has 1 aromatic rings. The van der Waals surface area contributed by atoms with Crippen LogP contribution in [0.15, 0.2) is 24.3 Å². The van der Waals surface area contributed by atoms with Gasteiger partial charge in [0, 0.05) is 24.2 Å². The van der Waals surface area contributed by atoms with Crippen LogP contribution in [0.25, 0.3) is 0 Å². The van der Waals surface area contributed by atoms with Crippen LogP contribution in [0.1, 0.15) is 48.5 Å². The quantitative estimate of drug-likeness (QED) is 0.849. The fraction of sp³-hybridized carbons (Fsp3) is 0.500. The molecule has 0 heterocycles. The van der Waals surface area contributed by atoms with E-state index in [2.05, 4.69) is 18.8 Å². The van der Waals surface area contributed by atoms with Gasteiger partial charge in [0.2, 0.25) is 0 Å². The van der Waals surface area contributed by atoms with E-state index >= 15 is 0 Å². The molecule has 0 bridgehead atoms. The highest BCUT2D eigenvalue weighted by molar-refractivity contribution is 5.94. The zero-order valence-electron chi connectivity index (χ0n) is 12.8. The number of hydrogen-bond acceptors (Lipinski definition) is 2. The van der Waals surface area contributed by atoms with Gasteiger partial charge in [0.1, 0.15) is 6.61 Å². The van der Waals surface area contributed by atoms with E-state index in [4.69, 9.17) is 5.11 Å². The van der Waals surface area contributed by atoms with Crippen LogP contribution < -0.4 is 0 Å². The molecule has 1 aliphatic carbocycles. The van der Waals surface area contributed by atoms with Crippen molar-refractivity contribution in [1.82, 2.24) is 4.90 Å². The van der Waals surface area contributed by atoms with Crippen LogP contribution >= 0.6 is 0 Å². The minimum atomic E-state index is -0.150. The fourth-order valence-corrected chi connectivity index (χ4v) is 2.96. The first kappa shape index (κ1) is 15.6. The zero-order valence-corrected chi connectivity index (χ0v) is 12.8. The molecule has 1 aliphatic rings. The Kier molecular flexibility index (Phi) is 5.41. The molecule has 0 aromatic heterocycles. The number of benzene rings is 1. The summed E-state index contributed by atoms with van der Waals surface area (Å²) in [6.45, 7) is 2.11. The Balaban J connectivity index is 2.05. The van der Waals surface area contributed by atoms with Crippen molar-refractivity contribution in [2.75, 3.05) is 13.7 Å². The summed E-state index contributed by atoms with van der Waals surface area (Å²) in [6.07, 6.45) is 4.69. The van der Waals surface area contributed by atoms with Gasteiger partial charge in [-0.3, -0.25) is 4.79 Å². The number of rotatable bonds is 2. The molecule has 112 valence electrons. The lowest BCUT2D eigenvalue weighted by Gasteiger charge is -2.34. The van der Waals surface area contributed by atoms with Crippen LogP contribution in [-0.2, 0) is 0 Å². The molecule has 21 heavy (non-hydrogen) atoms. The summed E-state index contributed by atoms with van der Waals surface area (Å²) < 4.78 is 0. The molecular weight excluding hydrogens is 262 g/mol. The maximum absolute atomic E-state index is 12.5. The van der Waals surface area contributed by atoms with E-state index in [-0.39, 0.29) is 12.5 Å². The first-order chi connectivity index (χ1) is 10.1. The van der Waals surface area contributed by atoms with Crippen LogP contribution in [0.5, 0.6) is 0 Å². The van der Waals surface area contributed by atoms with Crippen LogP contribution in [0.4, 0.5) is 0 Å². The minimum absolute atomic E-state index is 0.0794. The van der Waals surface area contributed by atoms with Gasteiger partial charge < -0.3 is 10.0 Å². The smallest absolute Gasteiger partial charge is 0.253 e. The molecular formula is C18H23NO2. The molecule has 1 aromatic carbocycles. The standard InChI is InChI=1S/C18H23NO2/c1-14-5-3-7-17(13-14)19(2)18(21)16-10-8-15(9-11-16)6-4-12-20/h8-11,14,17,20H,3,5,7,12-13H2,1-2H3. The molecule has 2 unspecified atom stereocenters. The van der Waals surface area contributed by atoms with Gasteiger partial charge in [-0.1, -0.05) is 31.6 Å². The Morgan fingerprint density at radius 2 is 2.05 bits per heavy atom. The predicted molar refractivity (Wildman–Crippen MR) is 83.9 cm³/mol. The predicted octanol–water partition coefficient (Wildman–Crippen LogP) is 2.68. The number of aliphatic hydroxyl groups excluding tert-OH is 1. The lowest BCUT2D eigenvalue weighted by molar-refractivity contribution is 0.0672. The van der Waals surface area contributed by atoms with Gasteiger partial charge in [-0.15, -0.1) is 0 Å². The van der Waals surface area contributed by atoms with E-state index in [0.29, 0.717) is 17.5 Å². The maximum Gasteiger partial charge on any atom is 0.253 e. The van der Waals surface area contributed by atoms with Crippen molar-refractivity contribution in [2.24, 2.45) is 5.92 Å². The van der Waals surface area contributed by atoms with Crippen molar-refractivity contribution < 1.29 is 9.90 Å². The van der Waals surface area contributed by atoms with Crippen molar-refractivity contribution in [3.8, 4) is 11.8 Å². The second kappa shape index (κ2) is 7.28. The van der Waals surface area contributed by atoms with E-state index in [1.54, 1.807) is 0 Å². The maximum atomic E-state index is 12.5. The summed E-state index contributed by atoms with van der Waals surface area (Å²) in [5, 5.41) is 8.67. The Morgan fingerprint density at radius 1 is 1.33 bits per heavy atom. The highest BCUT2D eigenvalue weighted by Gasteiger charge is 2.25. The van der Waals surface area contributed by atoms with Gasteiger partial charge in [0.05, 0.1) is 0 Å². The van der Waals surface area contributed by atoms with Crippen LogP contribution in [0.3, 0.4) is 0 Å². The Bertz CT molecular complexity index is 539. The summed E-state index contributed by atoms with van der Waals surface area (Å²) in [5.41, 5.74) is 1.51. The van der Waals surface area contributed by atoms with E-state index in [0.717, 1.165) is 18.4 Å². The van der Waals surface area contributed by atoms with E-state index in [1.165, 1.54) is 12.8 Å². The molecule has 1 saturated carbocycles. The van der Waals surface area contributed by atoms with Crippen LogP contribution in [0.2, 0.25) is 0 Å². The largest absolute Gasteiger partial charge is 0.384 e. The Morgan fingerprint density at radius 3 is 2.67 bits per heavy atom. The monoisotopic (exact) mass is 285 g/mol. The fourth-order valence-electron chi connectivity index (χ4n) is 2.96. The van der Waals surface area contributed by atoms with Crippen molar-refractivity contribution in [3.05, 3.63) is 35.4 Å². The van der Waals surface area contributed by atoms with Gasteiger partial charge >= 0.3 is 0 Å². The minimum Gasteiger partial charge on any atom is -0.384 e. The van der Waals surface area contributed by atoms with E-state index in [1.807, 2.05) is 36.2 Å². The second-order valence-electron chi connectivity index (χ2n) is 5.88. The first-order valence-corrected chi connectivity index (χ1v) is 7.58. The zero-order chi connectivity index (χ0) is 15.2. The number of carbonyl (C=O) groups is 1. The SMILES string of the molecule is CC1CCCC(N(C)C(=O)c2ccc(C#CCO)cc2)C1. The first-order valence-electron chi connectivity index (χ1n) is 7.58. The van der Waals surface area contributed by atoms with Gasteiger partial charge in [0.15, 0.2) is 0 Å². The van der Waals surface area contributed by atoms with Crippen LogP contribution in [-0.4, -0.2) is 35.6 Å². The lowest BCUT2D eigenvalue weighted by atomic mass is 9.86. The highest BCUT2D eigenvalue weighted by atomic mass is 16.2. The third-order valence-electron chi connectivity index (χ3n) is 4.22. The average molecular weight is 285 g/mol. The number of amides is 1. The third kappa shape index (κ3) is 4.09. The molecule has 0 saturated heterocycles. The number of nitrogens with zero attached hydrogens (tertiary/aromatic N) is 1. The molecule has 2 rings (SSSR count). The lowest BCUT2D eigenvalue weighted by Crippen LogP contribution is -2.39. The summed E-state index contributed by atoms with van der Waals surface area (Å²) in [7, 11) is 1.91. The van der Waals surface area contributed by atoms with Crippen molar-refractivity contribution >= 4 is 5.91 Å². The molecule has 1 fully saturated rings. The van der Waals surface area contributed by atoms with E-state index < -0.39 is 0 Å². The normalized spacial score (nSPS) is 21.3. The highest BCUT2D eigenvalue weighted by Crippen LogP contribution is 2.27. The summed E-state index contributed by atoms with van der Waals surface area (Å²) in [4.78, 5) is 14.4. The molecule has 3 nitrogen and oxygen atoms in total.